The third-order valence-electron chi connectivity index (χ3n) is 3.19. The maximum atomic E-state index is 12.4. The maximum Gasteiger partial charge on any atom is 0.387 e. The molecule has 0 saturated heterocycles. The van der Waals surface area contributed by atoms with Crippen molar-refractivity contribution in [2.24, 2.45) is 0 Å². The number of carbonyl (C=O) groups is 1. The van der Waals surface area contributed by atoms with Crippen molar-refractivity contribution in [3.05, 3.63) is 47.7 Å². The van der Waals surface area contributed by atoms with Gasteiger partial charge in [-0.05, 0) is 30.7 Å². The Morgan fingerprint density at radius 3 is 2.64 bits per heavy atom. The van der Waals surface area contributed by atoms with Gasteiger partial charge in [0.15, 0.2) is 11.5 Å². The number of methoxy groups -OCH3 is 1. The molecule has 0 fully saturated rings. The van der Waals surface area contributed by atoms with Crippen molar-refractivity contribution >= 4 is 5.91 Å². The van der Waals surface area contributed by atoms with E-state index in [1.165, 1.54) is 25.4 Å². The summed E-state index contributed by atoms with van der Waals surface area (Å²) in [5, 5.41) is 2.68. The van der Waals surface area contributed by atoms with Crippen LogP contribution in [0.4, 0.5) is 8.78 Å². The number of carbonyl (C=O) groups excluding carboxylic acids is 1. The number of aromatic nitrogens is 1. The van der Waals surface area contributed by atoms with E-state index in [9.17, 15) is 13.6 Å². The lowest BCUT2D eigenvalue weighted by atomic mass is 10.2. The van der Waals surface area contributed by atoms with Crippen LogP contribution in [-0.2, 0) is 6.54 Å². The lowest BCUT2D eigenvalue weighted by Crippen LogP contribution is -2.23. The highest BCUT2D eigenvalue weighted by atomic mass is 19.3. The normalized spacial score (nSPS) is 10.4. The van der Waals surface area contributed by atoms with Crippen LogP contribution in [0.3, 0.4) is 0 Å². The molecule has 134 valence electrons. The zero-order chi connectivity index (χ0) is 18.2. The van der Waals surface area contributed by atoms with Gasteiger partial charge in [0, 0.05) is 18.8 Å². The minimum atomic E-state index is -2.96. The number of halogens is 2. The molecule has 0 atom stereocenters. The van der Waals surface area contributed by atoms with Gasteiger partial charge in [0.25, 0.3) is 5.91 Å². The molecule has 8 heteroatoms. The molecule has 0 saturated carbocycles. The average molecular weight is 352 g/mol. The van der Waals surface area contributed by atoms with Crippen LogP contribution >= 0.6 is 0 Å². The number of nitrogens with one attached hydrogen (secondary N) is 1. The Morgan fingerprint density at radius 1 is 1.24 bits per heavy atom. The zero-order valence-electron chi connectivity index (χ0n) is 13.8. The standard InChI is InChI=1S/C17H18F2N2O4/c1-3-24-15-7-5-12(10-20-15)16(22)21-9-11-4-6-13(23-2)14(8-11)25-17(18)19/h4-8,10,17H,3,9H2,1-2H3,(H,21,22). The molecule has 2 rings (SSSR count). The second-order valence-electron chi connectivity index (χ2n) is 4.86. The molecule has 0 aliphatic heterocycles. The van der Waals surface area contributed by atoms with Crippen molar-refractivity contribution in [1.82, 2.24) is 10.3 Å². The SMILES string of the molecule is CCOc1ccc(C(=O)NCc2ccc(OC)c(OC(F)F)c2)cn1. The number of alkyl halides is 2. The maximum absolute atomic E-state index is 12.4. The minimum Gasteiger partial charge on any atom is -0.493 e. The molecule has 25 heavy (non-hydrogen) atoms. The van der Waals surface area contributed by atoms with Crippen molar-refractivity contribution in [1.29, 1.82) is 0 Å². The summed E-state index contributed by atoms with van der Waals surface area (Å²) < 4.78 is 39.4. The summed E-state index contributed by atoms with van der Waals surface area (Å²) >= 11 is 0. The van der Waals surface area contributed by atoms with Crippen LogP contribution in [0.5, 0.6) is 17.4 Å². The van der Waals surface area contributed by atoms with E-state index in [4.69, 9.17) is 9.47 Å². The molecule has 1 heterocycles. The largest absolute Gasteiger partial charge is 0.493 e. The monoisotopic (exact) mass is 352 g/mol. The fraction of sp³-hybridized carbons (Fsp3) is 0.294. The molecule has 2 aromatic rings. The Balaban J connectivity index is 2.01. The van der Waals surface area contributed by atoms with E-state index < -0.39 is 6.61 Å². The highest BCUT2D eigenvalue weighted by Crippen LogP contribution is 2.29. The van der Waals surface area contributed by atoms with Crippen molar-refractivity contribution in [2.75, 3.05) is 13.7 Å². The van der Waals surface area contributed by atoms with E-state index >= 15 is 0 Å². The Hall–Kier alpha value is -2.90. The van der Waals surface area contributed by atoms with Gasteiger partial charge in [0.1, 0.15) is 0 Å². The first kappa shape index (κ1) is 18.4. The minimum absolute atomic E-state index is 0.0908. The Bertz CT molecular complexity index is 708. The van der Waals surface area contributed by atoms with Gasteiger partial charge in [-0.15, -0.1) is 0 Å². The van der Waals surface area contributed by atoms with E-state index in [1.807, 2.05) is 6.92 Å². The van der Waals surface area contributed by atoms with Crippen molar-refractivity contribution in [2.45, 2.75) is 20.1 Å². The number of benzene rings is 1. The van der Waals surface area contributed by atoms with Crippen molar-refractivity contribution in [3.8, 4) is 17.4 Å². The number of pyridine rings is 1. The summed E-state index contributed by atoms with van der Waals surface area (Å²) in [6.45, 7) is -0.508. The van der Waals surface area contributed by atoms with E-state index in [1.54, 1.807) is 18.2 Å². The van der Waals surface area contributed by atoms with Gasteiger partial charge in [-0.25, -0.2) is 4.98 Å². The highest BCUT2D eigenvalue weighted by molar-refractivity contribution is 5.93. The van der Waals surface area contributed by atoms with Gasteiger partial charge in [-0.2, -0.15) is 8.78 Å². The van der Waals surface area contributed by atoms with Crippen LogP contribution < -0.4 is 19.5 Å². The van der Waals surface area contributed by atoms with Crippen LogP contribution in [0.2, 0.25) is 0 Å². The summed E-state index contributed by atoms with van der Waals surface area (Å²) in [4.78, 5) is 16.1. The molecular weight excluding hydrogens is 334 g/mol. The van der Waals surface area contributed by atoms with Crippen LogP contribution in [0.1, 0.15) is 22.8 Å². The number of hydrogen-bond acceptors (Lipinski definition) is 5. The average Bonchev–Trinajstić information content (AvgIpc) is 2.60. The first-order valence-corrected chi connectivity index (χ1v) is 7.52. The van der Waals surface area contributed by atoms with Crippen molar-refractivity contribution < 1.29 is 27.8 Å². The van der Waals surface area contributed by atoms with E-state index in [0.717, 1.165) is 0 Å². The zero-order valence-corrected chi connectivity index (χ0v) is 13.8. The van der Waals surface area contributed by atoms with Gasteiger partial charge in [0.2, 0.25) is 5.88 Å². The third kappa shape index (κ3) is 5.30. The summed E-state index contributed by atoms with van der Waals surface area (Å²) in [5.41, 5.74) is 0.949. The number of rotatable bonds is 8. The molecule has 1 amide bonds. The van der Waals surface area contributed by atoms with E-state index in [2.05, 4.69) is 15.0 Å². The number of nitrogens with zero attached hydrogens (tertiary/aromatic N) is 1. The summed E-state index contributed by atoms with van der Waals surface area (Å²) in [5.74, 6) is 0.184. The molecule has 0 radical (unpaired) electrons. The lowest BCUT2D eigenvalue weighted by Gasteiger charge is -2.12. The van der Waals surface area contributed by atoms with Gasteiger partial charge in [0.05, 0.1) is 19.3 Å². The molecule has 0 spiro atoms. The van der Waals surface area contributed by atoms with Gasteiger partial charge in [-0.1, -0.05) is 6.07 Å². The van der Waals surface area contributed by atoms with E-state index in [0.29, 0.717) is 23.6 Å². The molecular formula is C17H18F2N2O4. The van der Waals surface area contributed by atoms with Crippen molar-refractivity contribution in [3.63, 3.8) is 0 Å². The molecule has 1 N–H and O–H groups in total. The smallest absolute Gasteiger partial charge is 0.387 e. The fourth-order valence-electron chi connectivity index (χ4n) is 2.05. The number of amides is 1. The van der Waals surface area contributed by atoms with Gasteiger partial charge < -0.3 is 19.5 Å². The summed E-state index contributed by atoms with van der Waals surface area (Å²) in [6, 6.07) is 7.72. The second-order valence-corrected chi connectivity index (χ2v) is 4.86. The lowest BCUT2D eigenvalue weighted by molar-refractivity contribution is -0.0512. The predicted molar refractivity (Wildman–Crippen MR) is 86.2 cm³/mol. The molecule has 0 bridgehead atoms. The van der Waals surface area contributed by atoms with Crippen LogP contribution in [-0.4, -0.2) is 31.2 Å². The Morgan fingerprint density at radius 2 is 2.04 bits per heavy atom. The quantitative estimate of drug-likeness (QED) is 0.791. The topological polar surface area (TPSA) is 69.7 Å². The van der Waals surface area contributed by atoms with Crippen LogP contribution in [0.25, 0.3) is 0 Å². The van der Waals surface area contributed by atoms with Gasteiger partial charge in [-0.3, -0.25) is 4.79 Å². The summed E-state index contributed by atoms with van der Waals surface area (Å²) in [7, 11) is 1.36. The first-order chi connectivity index (χ1) is 12.0. The van der Waals surface area contributed by atoms with Gasteiger partial charge >= 0.3 is 6.61 Å². The fourth-order valence-corrected chi connectivity index (χ4v) is 2.05. The second kappa shape index (κ2) is 8.81. The highest BCUT2D eigenvalue weighted by Gasteiger charge is 2.12. The van der Waals surface area contributed by atoms with Crippen LogP contribution in [0, 0.1) is 0 Å². The molecule has 1 aromatic carbocycles. The molecule has 1 aromatic heterocycles. The Kier molecular flexibility index (Phi) is 6.50. The number of ether oxygens (including phenoxy) is 3. The van der Waals surface area contributed by atoms with Crippen LogP contribution in [0.15, 0.2) is 36.5 Å². The molecule has 0 aliphatic rings. The third-order valence-corrected chi connectivity index (χ3v) is 3.19. The predicted octanol–water partition coefficient (Wildman–Crippen LogP) is 3.02. The first-order valence-electron chi connectivity index (χ1n) is 7.52. The molecule has 0 unspecified atom stereocenters. The molecule has 0 aliphatic carbocycles. The molecule has 6 nitrogen and oxygen atoms in total. The summed E-state index contributed by atoms with van der Waals surface area (Å²) in [6.07, 6.45) is 1.40. The Labute approximate surface area is 143 Å². The van der Waals surface area contributed by atoms with E-state index in [-0.39, 0.29) is 24.0 Å². The number of hydrogen-bond donors (Lipinski definition) is 1.